The van der Waals surface area contributed by atoms with Gasteiger partial charge in [0, 0.05) is 39.3 Å². The second-order valence-electron chi connectivity index (χ2n) is 7.59. The molecule has 6 nitrogen and oxygen atoms in total. The second-order valence-corrected chi connectivity index (χ2v) is 7.59. The molecule has 168 valence electrons. The number of halogens is 3. The van der Waals surface area contributed by atoms with E-state index in [2.05, 4.69) is 20.1 Å². The minimum absolute atomic E-state index is 0.0903. The summed E-state index contributed by atoms with van der Waals surface area (Å²) in [6, 6.07) is 5.27. The fraction of sp³-hybridized carbons (Fsp3) is 0.667. The van der Waals surface area contributed by atoms with E-state index in [1.54, 1.807) is 0 Å². The van der Waals surface area contributed by atoms with Crippen LogP contribution < -0.4 is 10.1 Å². The Bertz CT molecular complexity index is 693. The number of hydrogen-bond acceptors (Lipinski definition) is 4. The SMILES string of the molecule is CCNC(=NCCOc1ccccc1C(F)(F)F)N1CCC(CN2CCOCC2)C1. The molecule has 1 atom stereocenters. The van der Waals surface area contributed by atoms with Crippen LogP contribution in [0, 0.1) is 5.92 Å². The number of rotatable bonds is 7. The number of likely N-dealkylation sites (tertiary alicyclic amines) is 1. The highest BCUT2D eigenvalue weighted by molar-refractivity contribution is 5.80. The third kappa shape index (κ3) is 6.50. The molecule has 2 fully saturated rings. The maximum Gasteiger partial charge on any atom is 0.419 e. The van der Waals surface area contributed by atoms with Crippen molar-refractivity contribution in [2.24, 2.45) is 10.9 Å². The van der Waals surface area contributed by atoms with Gasteiger partial charge in [0.2, 0.25) is 0 Å². The lowest BCUT2D eigenvalue weighted by atomic mass is 10.1. The summed E-state index contributed by atoms with van der Waals surface area (Å²) in [6.45, 7) is 9.63. The predicted octanol–water partition coefficient (Wildman–Crippen LogP) is 2.70. The maximum atomic E-state index is 13.1. The summed E-state index contributed by atoms with van der Waals surface area (Å²) in [5, 5.41) is 3.29. The molecule has 0 aliphatic carbocycles. The molecule has 0 amide bonds. The van der Waals surface area contributed by atoms with Gasteiger partial charge in [-0.2, -0.15) is 13.2 Å². The number of hydrogen-bond donors (Lipinski definition) is 1. The average molecular weight is 428 g/mol. The zero-order valence-electron chi connectivity index (χ0n) is 17.5. The van der Waals surface area contributed by atoms with E-state index in [4.69, 9.17) is 9.47 Å². The smallest absolute Gasteiger partial charge is 0.419 e. The number of morpholine rings is 1. The van der Waals surface area contributed by atoms with Crippen molar-refractivity contribution in [3.63, 3.8) is 0 Å². The van der Waals surface area contributed by atoms with Crippen LogP contribution in [0.2, 0.25) is 0 Å². The molecule has 9 heteroatoms. The van der Waals surface area contributed by atoms with Crippen LogP contribution in [0.5, 0.6) is 5.75 Å². The lowest BCUT2D eigenvalue weighted by Gasteiger charge is -2.29. The number of benzene rings is 1. The topological polar surface area (TPSA) is 49.3 Å². The Hall–Kier alpha value is -2.00. The number of ether oxygens (including phenoxy) is 2. The summed E-state index contributed by atoms with van der Waals surface area (Å²) in [5.74, 6) is 1.23. The van der Waals surface area contributed by atoms with Crippen molar-refractivity contribution in [3.8, 4) is 5.75 Å². The summed E-state index contributed by atoms with van der Waals surface area (Å²) < 4.78 is 50.0. The lowest BCUT2D eigenvalue weighted by molar-refractivity contribution is -0.138. The summed E-state index contributed by atoms with van der Waals surface area (Å²) in [6.07, 6.45) is -3.32. The highest BCUT2D eigenvalue weighted by atomic mass is 19.4. The van der Waals surface area contributed by atoms with Crippen LogP contribution in [-0.2, 0) is 10.9 Å². The summed E-state index contributed by atoms with van der Waals surface area (Å²) in [4.78, 5) is 9.26. The quantitative estimate of drug-likeness (QED) is 0.411. The van der Waals surface area contributed by atoms with Gasteiger partial charge in [-0.05, 0) is 31.4 Å². The van der Waals surface area contributed by atoms with Crippen molar-refractivity contribution >= 4 is 5.96 Å². The number of guanidine groups is 1. The van der Waals surface area contributed by atoms with Crippen LogP contribution in [0.1, 0.15) is 18.9 Å². The van der Waals surface area contributed by atoms with Gasteiger partial charge in [0.25, 0.3) is 0 Å². The molecule has 0 radical (unpaired) electrons. The molecule has 2 aliphatic heterocycles. The molecule has 2 aliphatic rings. The molecular weight excluding hydrogens is 397 g/mol. The van der Waals surface area contributed by atoms with Crippen molar-refractivity contribution in [1.82, 2.24) is 15.1 Å². The highest BCUT2D eigenvalue weighted by Gasteiger charge is 2.34. The molecule has 3 rings (SSSR count). The van der Waals surface area contributed by atoms with Crippen molar-refractivity contribution in [2.75, 3.05) is 65.6 Å². The number of para-hydroxylation sites is 1. The Kier molecular flexibility index (Phi) is 8.21. The summed E-state index contributed by atoms with van der Waals surface area (Å²) in [7, 11) is 0. The van der Waals surface area contributed by atoms with Crippen LogP contribution in [0.4, 0.5) is 13.2 Å². The molecular formula is C21H31F3N4O2. The molecule has 30 heavy (non-hydrogen) atoms. The molecule has 2 heterocycles. The molecule has 1 unspecified atom stereocenters. The monoisotopic (exact) mass is 428 g/mol. The zero-order valence-corrected chi connectivity index (χ0v) is 17.5. The number of aliphatic imine (C=N–C) groups is 1. The van der Waals surface area contributed by atoms with E-state index in [0.717, 1.165) is 70.9 Å². The van der Waals surface area contributed by atoms with E-state index in [1.165, 1.54) is 18.2 Å². The zero-order chi connectivity index (χ0) is 21.4. The minimum atomic E-state index is -4.43. The number of alkyl halides is 3. The highest BCUT2D eigenvalue weighted by Crippen LogP contribution is 2.35. The van der Waals surface area contributed by atoms with Gasteiger partial charge in [-0.15, -0.1) is 0 Å². The first-order valence-electron chi connectivity index (χ1n) is 10.6. The van der Waals surface area contributed by atoms with Crippen LogP contribution in [0.15, 0.2) is 29.3 Å². The molecule has 1 N–H and O–H groups in total. The largest absolute Gasteiger partial charge is 0.491 e. The van der Waals surface area contributed by atoms with Crippen molar-refractivity contribution in [1.29, 1.82) is 0 Å². The fourth-order valence-corrected chi connectivity index (χ4v) is 3.88. The first kappa shape index (κ1) is 22.7. The first-order valence-corrected chi connectivity index (χ1v) is 10.6. The van der Waals surface area contributed by atoms with Gasteiger partial charge in [0.15, 0.2) is 5.96 Å². The summed E-state index contributed by atoms with van der Waals surface area (Å²) >= 11 is 0. The van der Waals surface area contributed by atoms with Gasteiger partial charge in [0.1, 0.15) is 12.4 Å². The standard InChI is InChI=1S/C21H31F3N4O2/c1-2-25-20(28-9-7-17(16-28)15-27-10-13-29-14-11-27)26-8-12-30-19-6-4-3-5-18(19)21(22,23)24/h3-6,17H,2,7-16H2,1H3,(H,25,26). The van der Waals surface area contributed by atoms with Crippen LogP contribution >= 0.6 is 0 Å². The van der Waals surface area contributed by atoms with Gasteiger partial charge in [-0.25, -0.2) is 4.99 Å². The third-order valence-electron chi connectivity index (χ3n) is 5.34. The van der Waals surface area contributed by atoms with E-state index in [0.29, 0.717) is 12.5 Å². The van der Waals surface area contributed by atoms with E-state index in [-0.39, 0.29) is 12.4 Å². The first-order chi connectivity index (χ1) is 14.5. The number of nitrogens with zero attached hydrogens (tertiary/aromatic N) is 3. The fourth-order valence-electron chi connectivity index (χ4n) is 3.88. The Balaban J connectivity index is 1.50. The van der Waals surface area contributed by atoms with Gasteiger partial charge in [0.05, 0.1) is 25.3 Å². The average Bonchev–Trinajstić information content (AvgIpc) is 3.19. The Morgan fingerprint density at radius 3 is 2.73 bits per heavy atom. The van der Waals surface area contributed by atoms with Crippen LogP contribution in [0.3, 0.4) is 0 Å². The molecule has 1 aromatic rings. The number of nitrogens with one attached hydrogen (secondary N) is 1. The van der Waals surface area contributed by atoms with Gasteiger partial charge < -0.3 is 19.7 Å². The van der Waals surface area contributed by atoms with E-state index in [9.17, 15) is 13.2 Å². The predicted molar refractivity (Wildman–Crippen MR) is 110 cm³/mol. The van der Waals surface area contributed by atoms with E-state index >= 15 is 0 Å². The minimum Gasteiger partial charge on any atom is -0.491 e. The molecule has 0 bridgehead atoms. The van der Waals surface area contributed by atoms with Crippen LogP contribution in [0.25, 0.3) is 0 Å². The second kappa shape index (κ2) is 10.9. The van der Waals surface area contributed by atoms with Crippen molar-refractivity contribution in [3.05, 3.63) is 29.8 Å². The molecule has 0 saturated carbocycles. The molecule has 1 aromatic carbocycles. The van der Waals surface area contributed by atoms with Gasteiger partial charge >= 0.3 is 6.18 Å². The summed E-state index contributed by atoms with van der Waals surface area (Å²) in [5.41, 5.74) is -0.758. The Labute approximate surface area is 176 Å². The molecule has 2 saturated heterocycles. The van der Waals surface area contributed by atoms with Crippen LogP contribution in [-0.4, -0.2) is 81.4 Å². The third-order valence-corrected chi connectivity index (χ3v) is 5.34. The maximum absolute atomic E-state index is 13.1. The molecule has 0 aromatic heterocycles. The van der Waals surface area contributed by atoms with Crippen molar-refractivity contribution < 1.29 is 22.6 Å². The van der Waals surface area contributed by atoms with Gasteiger partial charge in [-0.3, -0.25) is 4.90 Å². The lowest BCUT2D eigenvalue weighted by Crippen LogP contribution is -2.42. The normalized spacial score (nSPS) is 21.1. The Morgan fingerprint density at radius 2 is 2.00 bits per heavy atom. The van der Waals surface area contributed by atoms with Gasteiger partial charge in [-0.1, -0.05) is 12.1 Å². The van der Waals surface area contributed by atoms with Crippen molar-refractivity contribution in [2.45, 2.75) is 19.5 Å². The van der Waals surface area contributed by atoms with E-state index < -0.39 is 11.7 Å². The van der Waals surface area contributed by atoms with E-state index in [1.807, 2.05) is 6.92 Å². The molecule has 0 spiro atoms. The Morgan fingerprint density at radius 1 is 1.23 bits per heavy atom.